The van der Waals surface area contributed by atoms with E-state index in [2.05, 4.69) is 32.5 Å². The zero-order valence-corrected chi connectivity index (χ0v) is 14.5. The molecule has 0 unspecified atom stereocenters. The van der Waals surface area contributed by atoms with Crippen LogP contribution < -0.4 is 5.32 Å². The van der Waals surface area contributed by atoms with Crippen LogP contribution in [0.4, 0.5) is 5.82 Å². The van der Waals surface area contributed by atoms with E-state index >= 15 is 0 Å². The molecular weight excluding hydrogens is 322 g/mol. The highest BCUT2D eigenvalue weighted by Gasteiger charge is 2.12. The highest BCUT2D eigenvalue weighted by atomic mass is 32.2. The molecule has 0 fully saturated rings. The van der Waals surface area contributed by atoms with Crippen LogP contribution in [0.1, 0.15) is 18.4 Å². The minimum atomic E-state index is 0.203. The molecule has 0 radical (unpaired) electrons. The van der Waals surface area contributed by atoms with Crippen LogP contribution in [-0.4, -0.2) is 37.7 Å². The molecule has 3 rings (SSSR count). The largest absolute Gasteiger partial charge is 0.396 e. The van der Waals surface area contributed by atoms with Gasteiger partial charge in [-0.25, -0.2) is 14.6 Å². The van der Waals surface area contributed by atoms with Crippen molar-refractivity contribution in [3.8, 4) is 0 Å². The van der Waals surface area contributed by atoms with Crippen molar-refractivity contribution in [1.82, 2.24) is 19.7 Å². The topological polar surface area (TPSA) is 75.9 Å². The number of thioether (sulfide) groups is 1. The molecule has 2 N–H and O–H groups in total. The van der Waals surface area contributed by atoms with Gasteiger partial charge in [-0.2, -0.15) is 5.10 Å². The molecule has 0 atom stereocenters. The van der Waals surface area contributed by atoms with E-state index in [0.29, 0.717) is 6.54 Å². The summed E-state index contributed by atoms with van der Waals surface area (Å²) in [6.07, 6.45) is 5.42. The van der Waals surface area contributed by atoms with Crippen LogP contribution in [0.5, 0.6) is 0 Å². The van der Waals surface area contributed by atoms with Gasteiger partial charge >= 0.3 is 0 Å². The summed E-state index contributed by atoms with van der Waals surface area (Å²) in [6, 6.07) is 10.2. The molecule has 126 valence electrons. The van der Waals surface area contributed by atoms with Crippen molar-refractivity contribution in [3.63, 3.8) is 0 Å². The van der Waals surface area contributed by atoms with Crippen LogP contribution in [-0.2, 0) is 13.1 Å². The van der Waals surface area contributed by atoms with Gasteiger partial charge < -0.3 is 10.4 Å². The monoisotopic (exact) mass is 343 g/mol. The van der Waals surface area contributed by atoms with Gasteiger partial charge in [-0.05, 0) is 24.7 Å². The summed E-state index contributed by atoms with van der Waals surface area (Å²) in [5, 5.41) is 18.4. The number of aliphatic hydroxyl groups is 1. The van der Waals surface area contributed by atoms with E-state index in [4.69, 9.17) is 5.11 Å². The molecule has 0 amide bonds. The molecule has 2 aromatic heterocycles. The predicted octanol–water partition coefficient (Wildman–Crippen LogP) is 2.93. The predicted molar refractivity (Wildman–Crippen MR) is 97.2 cm³/mol. The van der Waals surface area contributed by atoms with Crippen molar-refractivity contribution < 1.29 is 5.11 Å². The Labute approximate surface area is 145 Å². The molecule has 24 heavy (non-hydrogen) atoms. The van der Waals surface area contributed by atoms with Crippen molar-refractivity contribution >= 4 is 28.6 Å². The van der Waals surface area contributed by atoms with Crippen LogP contribution in [0.3, 0.4) is 0 Å². The molecule has 7 heteroatoms. The van der Waals surface area contributed by atoms with Gasteiger partial charge in [0.25, 0.3) is 0 Å². The lowest BCUT2D eigenvalue weighted by molar-refractivity contribution is 0.280. The summed E-state index contributed by atoms with van der Waals surface area (Å²) in [5.41, 5.74) is 2.04. The van der Waals surface area contributed by atoms with Crippen LogP contribution in [0.25, 0.3) is 11.0 Å². The average Bonchev–Trinajstić information content (AvgIpc) is 3.04. The first-order valence-corrected chi connectivity index (χ1v) is 9.20. The third kappa shape index (κ3) is 3.85. The molecule has 0 bridgehead atoms. The number of nitrogens with one attached hydrogen (secondary N) is 1. The van der Waals surface area contributed by atoms with E-state index in [9.17, 15) is 0 Å². The van der Waals surface area contributed by atoms with Crippen molar-refractivity contribution in [2.45, 2.75) is 31.1 Å². The Morgan fingerprint density at radius 3 is 2.75 bits per heavy atom. The third-order valence-corrected chi connectivity index (χ3v) is 4.29. The summed E-state index contributed by atoms with van der Waals surface area (Å²) >= 11 is 1.52. The molecule has 1 aromatic carbocycles. The number of anilines is 1. The van der Waals surface area contributed by atoms with Gasteiger partial charge in [0.1, 0.15) is 5.82 Å². The Bertz CT molecular complexity index is 790. The Hall–Kier alpha value is -2.12. The van der Waals surface area contributed by atoms with Crippen LogP contribution in [0.2, 0.25) is 0 Å². The first-order chi connectivity index (χ1) is 11.8. The van der Waals surface area contributed by atoms with E-state index in [-0.39, 0.29) is 6.61 Å². The van der Waals surface area contributed by atoms with E-state index < -0.39 is 0 Å². The fourth-order valence-corrected chi connectivity index (χ4v) is 2.84. The maximum absolute atomic E-state index is 8.94. The van der Waals surface area contributed by atoms with Crippen molar-refractivity contribution in [1.29, 1.82) is 0 Å². The lowest BCUT2D eigenvalue weighted by Gasteiger charge is -2.09. The highest BCUT2D eigenvalue weighted by molar-refractivity contribution is 7.98. The molecule has 0 saturated heterocycles. The van der Waals surface area contributed by atoms with E-state index in [1.54, 1.807) is 0 Å². The molecule has 0 saturated carbocycles. The van der Waals surface area contributed by atoms with E-state index in [0.717, 1.165) is 41.4 Å². The molecule has 0 spiro atoms. The normalized spacial score (nSPS) is 11.1. The van der Waals surface area contributed by atoms with Gasteiger partial charge in [0.15, 0.2) is 10.8 Å². The number of unbranched alkanes of at least 4 members (excludes halogenated alkanes) is 1. The number of rotatable bonds is 8. The number of fused-ring (bicyclic) bond motifs is 1. The number of hydrogen-bond acceptors (Lipinski definition) is 6. The number of nitrogens with zero attached hydrogens (tertiary/aromatic N) is 4. The molecule has 2 heterocycles. The molecule has 0 aliphatic heterocycles. The lowest BCUT2D eigenvalue weighted by Crippen LogP contribution is -2.06. The fraction of sp³-hybridized carbons (Fsp3) is 0.353. The first-order valence-electron chi connectivity index (χ1n) is 7.98. The molecule has 0 aliphatic carbocycles. The highest BCUT2D eigenvalue weighted by Crippen LogP contribution is 2.24. The minimum Gasteiger partial charge on any atom is -0.396 e. The second-order valence-electron chi connectivity index (χ2n) is 5.43. The molecular formula is C17H21N5OS. The quantitative estimate of drug-likeness (QED) is 0.372. The van der Waals surface area contributed by atoms with E-state index in [1.165, 1.54) is 17.3 Å². The summed E-state index contributed by atoms with van der Waals surface area (Å²) in [5.74, 6) is 0.807. The second-order valence-corrected chi connectivity index (χ2v) is 6.21. The van der Waals surface area contributed by atoms with Crippen molar-refractivity contribution in [3.05, 3.63) is 42.1 Å². The van der Waals surface area contributed by atoms with Crippen LogP contribution >= 0.6 is 11.8 Å². The third-order valence-electron chi connectivity index (χ3n) is 3.74. The Morgan fingerprint density at radius 2 is 2.00 bits per heavy atom. The molecule has 6 nitrogen and oxygen atoms in total. The SMILES string of the molecule is CSc1nc(NCc2ccccc2)c2cnn(CCCCO)c2n1. The zero-order chi connectivity index (χ0) is 16.8. The second kappa shape index (κ2) is 8.12. The Kier molecular flexibility index (Phi) is 5.66. The first kappa shape index (κ1) is 16.7. The van der Waals surface area contributed by atoms with Gasteiger partial charge in [-0.1, -0.05) is 42.1 Å². The maximum Gasteiger partial charge on any atom is 0.191 e. The average molecular weight is 343 g/mol. The van der Waals surface area contributed by atoms with Crippen molar-refractivity contribution in [2.75, 3.05) is 18.2 Å². The number of aromatic nitrogens is 4. The number of aliphatic hydroxyl groups excluding tert-OH is 1. The number of hydrogen-bond donors (Lipinski definition) is 2. The summed E-state index contributed by atoms with van der Waals surface area (Å²) in [6.45, 7) is 1.65. The standard InChI is InChI=1S/C17H21N5OS/c1-24-17-20-15(18-11-13-7-3-2-4-8-13)14-12-19-22(16(14)21-17)9-5-6-10-23/h2-4,7-8,12,23H,5-6,9-11H2,1H3,(H,18,20,21). The lowest BCUT2D eigenvalue weighted by atomic mass is 10.2. The van der Waals surface area contributed by atoms with Crippen molar-refractivity contribution in [2.24, 2.45) is 0 Å². The fourth-order valence-electron chi connectivity index (χ4n) is 2.48. The number of aryl methyl sites for hydroxylation is 1. The zero-order valence-electron chi connectivity index (χ0n) is 13.6. The minimum absolute atomic E-state index is 0.203. The Morgan fingerprint density at radius 1 is 1.17 bits per heavy atom. The number of benzene rings is 1. The molecule has 0 aliphatic rings. The van der Waals surface area contributed by atoms with Gasteiger partial charge in [-0.3, -0.25) is 0 Å². The maximum atomic E-state index is 8.94. The summed E-state index contributed by atoms with van der Waals surface area (Å²) in [4.78, 5) is 9.19. The van der Waals surface area contributed by atoms with E-state index in [1.807, 2.05) is 35.3 Å². The van der Waals surface area contributed by atoms with Gasteiger partial charge in [0, 0.05) is 19.7 Å². The summed E-state index contributed by atoms with van der Waals surface area (Å²) < 4.78 is 1.89. The summed E-state index contributed by atoms with van der Waals surface area (Å²) in [7, 11) is 0. The van der Waals surface area contributed by atoms with Gasteiger partial charge in [0.2, 0.25) is 0 Å². The Balaban J connectivity index is 1.86. The van der Waals surface area contributed by atoms with Crippen LogP contribution in [0.15, 0.2) is 41.7 Å². The van der Waals surface area contributed by atoms with Gasteiger partial charge in [-0.15, -0.1) is 0 Å². The molecule has 3 aromatic rings. The van der Waals surface area contributed by atoms with Crippen LogP contribution in [0, 0.1) is 0 Å². The smallest absolute Gasteiger partial charge is 0.191 e. The van der Waals surface area contributed by atoms with Gasteiger partial charge in [0.05, 0.1) is 11.6 Å².